The van der Waals surface area contributed by atoms with Gasteiger partial charge in [0.2, 0.25) is 5.78 Å². The Balaban J connectivity index is 2.03. The molecule has 212 valence electrons. The Bertz CT molecular complexity index is 1300. The molecule has 0 unspecified atom stereocenters. The fraction of sp³-hybridized carbons (Fsp3) is 0.536. The number of Topliss-reactive ketones (excluding diaryl/α,β-unsaturated/α-hetero) is 2. The fourth-order valence-electron chi connectivity index (χ4n) is 6.54. The smallest absolute Gasteiger partial charge is 0.255 e. The SMILES string of the molecule is CCCCOC[C@@]12Cc3c(N(C)C)ccc(O)c3C(=O)C1=C(O)[C@]1(O)C(=O)C(C(N)=O)=C(O)[C@@H](N(C)C)[C@@H]1C2. The summed E-state index contributed by atoms with van der Waals surface area (Å²) >= 11 is 0. The Kier molecular flexibility index (Phi) is 7.30. The van der Waals surface area contributed by atoms with Crippen LogP contribution in [-0.2, 0) is 20.7 Å². The first-order chi connectivity index (χ1) is 18.2. The number of anilines is 1. The lowest BCUT2D eigenvalue weighted by Gasteiger charge is -2.54. The van der Waals surface area contributed by atoms with Crippen LogP contribution in [0.1, 0.15) is 42.1 Å². The zero-order valence-electron chi connectivity index (χ0n) is 22.9. The van der Waals surface area contributed by atoms with Gasteiger partial charge >= 0.3 is 0 Å². The highest BCUT2D eigenvalue weighted by atomic mass is 16.5. The highest BCUT2D eigenvalue weighted by Gasteiger charge is 2.66. The summed E-state index contributed by atoms with van der Waals surface area (Å²) in [4.78, 5) is 43.3. The predicted molar refractivity (Wildman–Crippen MR) is 143 cm³/mol. The van der Waals surface area contributed by atoms with Crippen molar-refractivity contribution >= 4 is 23.2 Å². The normalized spacial score (nSPS) is 28.4. The van der Waals surface area contributed by atoms with Crippen molar-refractivity contribution in [1.82, 2.24) is 4.90 Å². The van der Waals surface area contributed by atoms with Crippen LogP contribution in [0.5, 0.6) is 5.75 Å². The van der Waals surface area contributed by atoms with Gasteiger partial charge in [-0.2, -0.15) is 0 Å². The molecule has 6 N–H and O–H groups in total. The van der Waals surface area contributed by atoms with E-state index in [-0.39, 0.29) is 36.3 Å². The Morgan fingerprint density at radius 2 is 1.82 bits per heavy atom. The molecular formula is C28H37N3O8. The third-order valence-electron chi connectivity index (χ3n) is 8.31. The molecule has 0 aromatic heterocycles. The van der Waals surface area contributed by atoms with Gasteiger partial charge in [-0.25, -0.2) is 0 Å². The maximum Gasteiger partial charge on any atom is 0.255 e. The number of carbonyl (C=O) groups excluding carboxylic acids is 3. The summed E-state index contributed by atoms with van der Waals surface area (Å²) in [5.74, 6) is -6.24. The number of unbranched alkanes of at least 4 members (excludes halogenated alkanes) is 1. The van der Waals surface area contributed by atoms with Crippen LogP contribution < -0.4 is 10.6 Å². The van der Waals surface area contributed by atoms with Gasteiger partial charge in [0, 0.05) is 37.7 Å². The monoisotopic (exact) mass is 543 g/mol. The third kappa shape index (κ3) is 4.11. The van der Waals surface area contributed by atoms with E-state index in [1.54, 1.807) is 34.3 Å². The van der Waals surface area contributed by atoms with Crippen molar-refractivity contribution in [2.75, 3.05) is 46.3 Å². The summed E-state index contributed by atoms with van der Waals surface area (Å²) in [6, 6.07) is 2.00. The van der Waals surface area contributed by atoms with Crippen molar-refractivity contribution in [3.63, 3.8) is 0 Å². The summed E-state index contributed by atoms with van der Waals surface area (Å²) in [6.45, 7) is 2.37. The van der Waals surface area contributed by atoms with Gasteiger partial charge in [0.15, 0.2) is 11.4 Å². The topological polar surface area (TPSA) is 174 Å². The maximum absolute atomic E-state index is 14.1. The molecule has 0 spiro atoms. The van der Waals surface area contributed by atoms with Crippen molar-refractivity contribution in [3.8, 4) is 5.75 Å². The zero-order chi connectivity index (χ0) is 29.0. The number of primary amides is 1. The standard InChI is InChI=1S/C28H37N3O8/c1-6-7-10-39-13-27-11-14-16(30(2)3)8-9-17(32)18(14)22(33)20(27)25(36)28(38)15(12-27)21(31(4)5)23(34)19(24(28)35)26(29)37/h8-9,15,21,32,34,36,38H,6-7,10-13H2,1-5H3,(H2,29,37)/t15-,21-,27-,28+/m0/s1. The Morgan fingerprint density at radius 1 is 1.15 bits per heavy atom. The van der Waals surface area contributed by atoms with Crippen LogP contribution in [0.25, 0.3) is 0 Å². The summed E-state index contributed by atoms with van der Waals surface area (Å²) in [6.07, 6.45) is 1.73. The molecule has 11 nitrogen and oxygen atoms in total. The summed E-state index contributed by atoms with van der Waals surface area (Å²) in [7, 11) is 6.81. The highest BCUT2D eigenvalue weighted by molar-refractivity contribution is 6.25. The number of ether oxygens (including phenoxy) is 1. The van der Waals surface area contributed by atoms with E-state index in [0.717, 1.165) is 12.8 Å². The van der Waals surface area contributed by atoms with Crippen molar-refractivity contribution in [3.05, 3.63) is 45.9 Å². The fourth-order valence-corrected chi connectivity index (χ4v) is 6.54. The quantitative estimate of drug-likeness (QED) is 0.238. The van der Waals surface area contributed by atoms with Crippen LogP contribution in [0.15, 0.2) is 34.8 Å². The number of hydrogen-bond donors (Lipinski definition) is 5. The number of nitrogens with zero attached hydrogens (tertiary/aromatic N) is 2. The van der Waals surface area contributed by atoms with Gasteiger partial charge < -0.3 is 35.8 Å². The van der Waals surface area contributed by atoms with E-state index in [9.17, 15) is 34.8 Å². The van der Waals surface area contributed by atoms with Gasteiger partial charge in [0.1, 0.15) is 22.8 Å². The van der Waals surface area contributed by atoms with E-state index < -0.39 is 57.5 Å². The molecule has 1 aromatic carbocycles. The highest BCUT2D eigenvalue weighted by Crippen LogP contribution is 2.58. The van der Waals surface area contributed by atoms with Gasteiger partial charge in [-0.15, -0.1) is 0 Å². The second-order valence-electron chi connectivity index (χ2n) is 11.2. The average molecular weight is 544 g/mol. The van der Waals surface area contributed by atoms with Gasteiger partial charge in [-0.1, -0.05) is 13.3 Å². The molecule has 0 bridgehead atoms. The Morgan fingerprint density at radius 3 is 2.38 bits per heavy atom. The molecule has 1 aromatic rings. The molecule has 0 saturated carbocycles. The number of nitrogens with two attached hydrogens (primary N) is 1. The minimum absolute atomic E-state index is 0.0197. The van der Waals surface area contributed by atoms with E-state index in [1.165, 1.54) is 11.0 Å². The number of benzene rings is 1. The number of aliphatic hydroxyl groups excluding tert-OH is 2. The Hall–Kier alpha value is -3.41. The first-order valence-electron chi connectivity index (χ1n) is 13.0. The van der Waals surface area contributed by atoms with E-state index in [4.69, 9.17) is 10.5 Å². The zero-order valence-corrected chi connectivity index (χ0v) is 22.9. The van der Waals surface area contributed by atoms with E-state index in [0.29, 0.717) is 17.9 Å². The van der Waals surface area contributed by atoms with Crippen molar-refractivity contribution in [2.45, 2.75) is 44.2 Å². The molecule has 3 aliphatic rings. The lowest BCUT2D eigenvalue weighted by Crippen LogP contribution is -2.66. The van der Waals surface area contributed by atoms with E-state index >= 15 is 0 Å². The molecule has 39 heavy (non-hydrogen) atoms. The molecule has 0 radical (unpaired) electrons. The van der Waals surface area contributed by atoms with Crippen LogP contribution in [0, 0.1) is 11.3 Å². The number of fused-ring (bicyclic) bond motifs is 3. The summed E-state index contributed by atoms with van der Waals surface area (Å²) in [5, 5.41) is 45.4. The minimum Gasteiger partial charge on any atom is -0.510 e. The predicted octanol–water partition coefficient (Wildman–Crippen LogP) is 1.37. The van der Waals surface area contributed by atoms with Gasteiger partial charge in [0.25, 0.3) is 5.91 Å². The summed E-state index contributed by atoms with van der Waals surface area (Å²) in [5.41, 5.74) is 1.62. The lowest BCUT2D eigenvalue weighted by molar-refractivity contribution is -0.152. The second kappa shape index (κ2) is 9.96. The van der Waals surface area contributed by atoms with Gasteiger partial charge in [0.05, 0.1) is 23.8 Å². The number of likely N-dealkylation sites (N-methyl/N-ethyl adjacent to an activating group) is 1. The van der Waals surface area contributed by atoms with Crippen LogP contribution in [0.4, 0.5) is 5.69 Å². The van der Waals surface area contributed by atoms with Crippen LogP contribution in [0.2, 0.25) is 0 Å². The largest absolute Gasteiger partial charge is 0.510 e. The molecule has 4 atom stereocenters. The molecule has 0 saturated heterocycles. The summed E-state index contributed by atoms with van der Waals surface area (Å²) < 4.78 is 6.04. The number of hydrogen-bond acceptors (Lipinski definition) is 10. The molecule has 0 aliphatic heterocycles. The number of rotatable bonds is 8. The number of carbonyl (C=O) groups is 3. The molecular weight excluding hydrogens is 506 g/mol. The maximum atomic E-state index is 14.1. The second-order valence-corrected chi connectivity index (χ2v) is 11.2. The number of phenolic OH excluding ortho intramolecular Hbond substituents is 1. The first-order valence-corrected chi connectivity index (χ1v) is 13.0. The number of aromatic hydroxyl groups is 1. The number of ketones is 2. The third-order valence-corrected chi connectivity index (χ3v) is 8.31. The van der Waals surface area contributed by atoms with Gasteiger partial charge in [-0.3, -0.25) is 19.3 Å². The average Bonchev–Trinajstić information content (AvgIpc) is 2.83. The molecule has 1 amide bonds. The molecule has 3 aliphatic carbocycles. The van der Waals surface area contributed by atoms with Crippen molar-refractivity contribution in [2.24, 2.45) is 17.1 Å². The van der Waals surface area contributed by atoms with Gasteiger partial charge in [-0.05, 0) is 51.1 Å². The van der Waals surface area contributed by atoms with Crippen LogP contribution in [-0.4, -0.2) is 95.8 Å². The number of amides is 1. The van der Waals surface area contributed by atoms with Crippen LogP contribution in [0.3, 0.4) is 0 Å². The van der Waals surface area contributed by atoms with E-state index in [1.807, 2.05) is 11.8 Å². The molecule has 0 fully saturated rings. The van der Waals surface area contributed by atoms with Crippen molar-refractivity contribution < 1.29 is 39.5 Å². The van der Waals surface area contributed by atoms with Crippen LogP contribution >= 0.6 is 0 Å². The minimum atomic E-state index is -2.71. The first kappa shape index (κ1) is 28.6. The molecule has 11 heteroatoms. The van der Waals surface area contributed by atoms with E-state index in [2.05, 4.69) is 0 Å². The molecule has 4 rings (SSSR count). The number of phenols is 1. The Labute approximate surface area is 227 Å². The van der Waals surface area contributed by atoms with Crippen molar-refractivity contribution in [1.29, 1.82) is 0 Å². The molecule has 0 heterocycles. The number of aliphatic hydroxyl groups is 3. The lowest BCUT2D eigenvalue weighted by atomic mass is 9.52.